The van der Waals surface area contributed by atoms with E-state index in [9.17, 15) is 4.39 Å². The molecule has 2 heterocycles. The number of para-hydroxylation sites is 2. The minimum absolute atomic E-state index is 0.207. The number of piperidine rings is 1. The molecule has 3 aromatic rings. The molecule has 5 heteroatoms. The smallest absolute Gasteiger partial charge is 0.137 e. The highest BCUT2D eigenvalue weighted by atomic mass is 19.1. The Morgan fingerprint density at radius 3 is 2.54 bits per heavy atom. The molecule has 0 saturated carbocycles. The Bertz CT molecular complexity index is 956. The van der Waals surface area contributed by atoms with Gasteiger partial charge in [-0.05, 0) is 67.3 Å². The Morgan fingerprint density at radius 2 is 1.82 bits per heavy atom. The van der Waals surface area contributed by atoms with E-state index in [2.05, 4.69) is 22.1 Å². The van der Waals surface area contributed by atoms with E-state index in [1.807, 2.05) is 30.3 Å². The number of hydrogen-bond donors (Lipinski definition) is 1. The summed E-state index contributed by atoms with van der Waals surface area (Å²) in [6.45, 7) is 7.95. The molecule has 1 aliphatic heterocycles. The molecule has 1 saturated heterocycles. The predicted molar refractivity (Wildman–Crippen MR) is 111 cm³/mol. The van der Waals surface area contributed by atoms with Crippen LogP contribution in [-0.2, 0) is 6.54 Å². The van der Waals surface area contributed by atoms with E-state index in [0.29, 0.717) is 12.5 Å². The maximum absolute atomic E-state index is 13.3. The highest BCUT2D eigenvalue weighted by Crippen LogP contribution is 2.32. The second kappa shape index (κ2) is 8.25. The Kier molecular flexibility index (Phi) is 5.55. The first-order valence-corrected chi connectivity index (χ1v) is 9.88. The standard InChI is InChI=1S/C23H26FN3O/c1-17(19-10-12-26(13-11-19)14-15-28)23-25-21-4-2-3-5-22(21)27(23)16-18-6-8-20(24)9-7-18/h2-9,19,28H,1,10-16H2. The number of β-amino-alcohol motifs (C(OH)–C–C–N with tert-alkyl or cyclic N) is 1. The summed E-state index contributed by atoms with van der Waals surface area (Å²) in [6, 6.07) is 14.8. The quantitative estimate of drug-likeness (QED) is 0.705. The van der Waals surface area contributed by atoms with Crippen LogP contribution in [0.25, 0.3) is 16.6 Å². The number of aromatic nitrogens is 2. The summed E-state index contributed by atoms with van der Waals surface area (Å²) in [5.74, 6) is 1.09. The molecule has 0 unspecified atom stereocenters. The van der Waals surface area contributed by atoms with Crippen LogP contribution in [0.5, 0.6) is 0 Å². The number of hydrogen-bond acceptors (Lipinski definition) is 3. The van der Waals surface area contributed by atoms with Gasteiger partial charge in [-0.2, -0.15) is 0 Å². The van der Waals surface area contributed by atoms with Crippen LogP contribution in [0.4, 0.5) is 4.39 Å². The summed E-state index contributed by atoms with van der Waals surface area (Å²) in [7, 11) is 0. The third kappa shape index (κ3) is 3.86. The van der Waals surface area contributed by atoms with Crippen molar-refractivity contribution in [2.75, 3.05) is 26.2 Å². The van der Waals surface area contributed by atoms with Crippen LogP contribution in [0.15, 0.2) is 55.1 Å². The Morgan fingerprint density at radius 1 is 1.11 bits per heavy atom. The molecule has 28 heavy (non-hydrogen) atoms. The lowest BCUT2D eigenvalue weighted by Crippen LogP contribution is -2.36. The molecule has 146 valence electrons. The lowest BCUT2D eigenvalue weighted by Gasteiger charge is -2.32. The van der Waals surface area contributed by atoms with Crippen molar-refractivity contribution in [2.24, 2.45) is 5.92 Å². The number of allylic oxidation sites excluding steroid dienone is 1. The van der Waals surface area contributed by atoms with Crippen molar-refractivity contribution < 1.29 is 9.50 Å². The topological polar surface area (TPSA) is 41.3 Å². The van der Waals surface area contributed by atoms with Crippen LogP contribution >= 0.6 is 0 Å². The summed E-state index contributed by atoms with van der Waals surface area (Å²) >= 11 is 0. The van der Waals surface area contributed by atoms with Crippen LogP contribution in [0.3, 0.4) is 0 Å². The Labute approximate surface area is 164 Å². The number of aliphatic hydroxyl groups excluding tert-OH is 1. The molecule has 0 bridgehead atoms. The highest BCUT2D eigenvalue weighted by Gasteiger charge is 2.25. The summed E-state index contributed by atoms with van der Waals surface area (Å²) in [6.07, 6.45) is 2.05. The first-order valence-electron chi connectivity index (χ1n) is 9.88. The van der Waals surface area contributed by atoms with Gasteiger partial charge in [0.05, 0.1) is 17.6 Å². The van der Waals surface area contributed by atoms with Gasteiger partial charge in [-0.15, -0.1) is 0 Å². The van der Waals surface area contributed by atoms with E-state index in [1.165, 1.54) is 12.1 Å². The zero-order chi connectivity index (χ0) is 19.5. The largest absolute Gasteiger partial charge is 0.395 e. The van der Waals surface area contributed by atoms with Gasteiger partial charge in [0.25, 0.3) is 0 Å². The van der Waals surface area contributed by atoms with Crippen LogP contribution in [0, 0.1) is 11.7 Å². The molecule has 0 spiro atoms. The number of nitrogens with zero attached hydrogens (tertiary/aromatic N) is 3. The Hall–Kier alpha value is -2.50. The second-order valence-electron chi connectivity index (χ2n) is 7.50. The molecule has 0 atom stereocenters. The normalized spacial score (nSPS) is 15.9. The number of benzene rings is 2. The number of rotatable bonds is 6. The van der Waals surface area contributed by atoms with Gasteiger partial charge in [-0.1, -0.05) is 30.8 Å². The molecule has 0 aliphatic carbocycles. The van der Waals surface area contributed by atoms with Crippen molar-refractivity contribution in [3.8, 4) is 0 Å². The van der Waals surface area contributed by atoms with Crippen LogP contribution in [0.2, 0.25) is 0 Å². The molecule has 2 aromatic carbocycles. The fourth-order valence-electron chi connectivity index (χ4n) is 4.08. The lowest BCUT2D eigenvalue weighted by molar-refractivity contribution is 0.160. The number of aliphatic hydroxyl groups is 1. The van der Waals surface area contributed by atoms with Crippen LogP contribution < -0.4 is 0 Å². The predicted octanol–water partition coefficient (Wildman–Crippen LogP) is 3.94. The van der Waals surface area contributed by atoms with Crippen LogP contribution in [0.1, 0.15) is 24.2 Å². The molecule has 1 N–H and O–H groups in total. The van der Waals surface area contributed by atoms with Crippen molar-refractivity contribution in [2.45, 2.75) is 19.4 Å². The monoisotopic (exact) mass is 379 g/mol. The SMILES string of the molecule is C=C(c1nc2ccccc2n1Cc1ccc(F)cc1)C1CCN(CCO)CC1. The third-order valence-electron chi connectivity index (χ3n) is 5.69. The van der Waals surface area contributed by atoms with Gasteiger partial charge in [-0.25, -0.2) is 9.37 Å². The summed E-state index contributed by atoms with van der Waals surface area (Å²) in [5.41, 5.74) is 4.14. The zero-order valence-corrected chi connectivity index (χ0v) is 16.0. The Balaban J connectivity index is 1.63. The zero-order valence-electron chi connectivity index (χ0n) is 16.0. The summed E-state index contributed by atoms with van der Waals surface area (Å²) in [5, 5.41) is 9.15. The van der Waals surface area contributed by atoms with Gasteiger partial charge < -0.3 is 14.6 Å². The number of fused-ring (bicyclic) bond motifs is 1. The minimum atomic E-state index is -0.224. The molecule has 1 fully saturated rings. The minimum Gasteiger partial charge on any atom is -0.395 e. The van der Waals surface area contributed by atoms with Crippen molar-refractivity contribution >= 4 is 16.6 Å². The summed E-state index contributed by atoms with van der Waals surface area (Å²) in [4.78, 5) is 7.19. The van der Waals surface area contributed by atoms with Gasteiger partial charge in [0, 0.05) is 13.1 Å². The first kappa shape index (κ1) is 18.8. The molecule has 0 amide bonds. The van der Waals surface area contributed by atoms with Gasteiger partial charge in [0.1, 0.15) is 11.6 Å². The lowest BCUT2D eigenvalue weighted by atomic mass is 9.89. The molecule has 1 aromatic heterocycles. The second-order valence-corrected chi connectivity index (χ2v) is 7.50. The van der Waals surface area contributed by atoms with E-state index in [-0.39, 0.29) is 12.4 Å². The number of halogens is 1. The van der Waals surface area contributed by atoms with Crippen molar-refractivity contribution in [3.05, 3.63) is 72.3 Å². The number of imidazole rings is 1. The fourth-order valence-corrected chi connectivity index (χ4v) is 4.08. The maximum atomic E-state index is 13.3. The van der Waals surface area contributed by atoms with Crippen molar-refractivity contribution in [3.63, 3.8) is 0 Å². The van der Waals surface area contributed by atoms with E-state index >= 15 is 0 Å². The molecule has 4 rings (SSSR count). The third-order valence-corrected chi connectivity index (χ3v) is 5.69. The van der Waals surface area contributed by atoms with Gasteiger partial charge in [0.15, 0.2) is 0 Å². The van der Waals surface area contributed by atoms with Crippen molar-refractivity contribution in [1.29, 1.82) is 0 Å². The average molecular weight is 379 g/mol. The molecular formula is C23H26FN3O. The fraction of sp³-hybridized carbons (Fsp3) is 0.348. The first-order chi connectivity index (χ1) is 13.7. The van der Waals surface area contributed by atoms with Crippen molar-refractivity contribution in [1.82, 2.24) is 14.5 Å². The van der Waals surface area contributed by atoms with E-state index < -0.39 is 0 Å². The maximum Gasteiger partial charge on any atom is 0.137 e. The number of likely N-dealkylation sites (tertiary alicyclic amines) is 1. The van der Waals surface area contributed by atoms with Gasteiger partial charge >= 0.3 is 0 Å². The molecule has 4 nitrogen and oxygen atoms in total. The van der Waals surface area contributed by atoms with E-state index in [4.69, 9.17) is 10.1 Å². The van der Waals surface area contributed by atoms with E-state index in [0.717, 1.165) is 60.5 Å². The van der Waals surface area contributed by atoms with Gasteiger partial charge in [0.2, 0.25) is 0 Å². The molecule has 0 radical (unpaired) electrons. The average Bonchev–Trinajstić information content (AvgIpc) is 3.08. The molecular weight excluding hydrogens is 353 g/mol. The molecule has 1 aliphatic rings. The van der Waals surface area contributed by atoms with Crippen LogP contribution in [-0.4, -0.2) is 45.8 Å². The highest BCUT2D eigenvalue weighted by molar-refractivity contribution is 5.80. The van der Waals surface area contributed by atoms with Gasteiger partial charge in [-0.3, -0.25) is 0 Å². The summed E-state index contributed by atoms with van der Waals surface area (Å²) < 4.78 is 15.5. The van der Waals surface area contributed by atoms with E-state index in [1.54, 1.807) is 0 Å².